The molecule has 0 aliphatic carbocycles. The highest BCUT2D eigenvalue weighted by molar-refractivity contribution is 7.47. The van der Waals surface area contributed by atoms with E-state index in [1.165, 1.54) is 135 Å². The maximum atomic E-state index is 12.7. The summed E-state index contributed by atoms with van der Waals surface area (Å²) in [6.07, 6.45) is 83.0. The molecule has 436 valence electrons. The summed E-state index contributed by atoms with van der Waals surface area (Å²) in [5.41, 5.74) is 5.38. The molecule has 2 unspecified atom stereocenters. The first-order chi connectivity index (χ1) is 37.3. The SMILES string of the molecule is CC/C=C\C/C=C\C/C=C\C/C=C\C/C=C\C/C=C\C/C=C\C/C=C\C/C=C\CCCCCC(=O)OC(COC(=O)CCCCCCCCCCCCCCCCCCCCCCCCCC)COP(=O)(O)OCCN. The Morgan fingerprint density at radius 3 is 1.08 bits per heavy atom. The van der Waals surface area contributed by atoms with Crippen molar-refractivity contribution in [3.05, 3.63) is 109 Å². The van der Waals surface area contributed by atoms with Crippen molar-refractivity contribution in [1.29, 1.82) is 0 Å². The third-order valence-corrected chi connectivity index (χ3v) is 13.9. The van der Waals surface area contributed by atoms with Gasteiger partial charge in [-0.05, 0) is 83.5 Å². The van der Waals surface area contributed by atoms with E-state index < -0.39 is 26.5 Å². The standard InChI is InChI=1S/C66H114NO8P/c1-3-5-7-9-11-13-15-17-19-21-23-25-27-29-30-31-32-33-34-35-37-39-41-43-45-47-49-51-53-55-57-59-66(69)75-64(63-74-76(70,71)73-61-60-67)62-72-65(68)58-56-54-52-50-48-46-44-42-40-38-36-28-26-24-22-20-18-16-14-12-10-8-6-4-2/h5,7,11,13,17,19,23,25,29-30,32-33,35,37,41,43,47,49,64H,3-4,6,8-10,12,14-16,18,20-22,24,26-28,31,34,36,38-40,42,44-46,48,50-63,67H2,1-2H3,(H,70,71)/b7-5-,13-11-,19-17-,25-23-,30-29-,33-32-,37-35-,43-41-,49-47-. The number of nitrogens with two attached hydrogens (primary N) is 1. The number of carbonyl (C=O) groups excluding carboxylic acids is 2. The van der Waals surface area contributed by atoms with Crippen LogP contribution in [0.2, 0.25) is 0 Å². The van der Waals surface area contributed by atoms with Crippen LogP contribution in [0.5, 0.6) is 0 Å². The van der Waals surface area contributed by atoms with Crippen LogP contribution in [0, 0.1) is 0 Å². The van der Waals surface area contributed by atoms with E-state index in [9.17, 15) is 19.0 Å². The van der Waals surface area contributed by atoms with Crippen LogP contribution in [0.1, 0.15) is 264 Å². The van der Waals surface area contributed by atoms with E-state index in [1.54, 1.807) is 0 Å². The van der Waals surface area contributed by atoms with Gasteiger partial charge in [0.15, 0.2) is 6.10 Å². The smallest absolute Gasteiger partial charge is 0.462 e. The lowest BCUT2D eigenvalue weighted by atomic mass is 10.0. The molecule has 0 radical (unpaired) electrons. The maximum Gasteiger partial charge on any atom is 0.472 e. The Balaban J connectivity index is 4.06. The molecule has 0 saturated carbocycles. The number of ether oxygens (including phenoxy) is 2. The first-order valence-corrected chi connectivity index (χ1v) is 32.4. The van der Waals surface area contributed by atoms with Gasteiger partial charge >= 0.3 is 19.8 Å². The third-order valence-electron chi connectivity index (χ3n) is 12.9. The Morgan fingerprint density at radius 2 is 0.724 bits per heavy atom. The van der Waals surface area contributed by atoms with E-state index in [4.69, 9.17) is 24.3 Å². The molecule has 0 bridgehead atoms. The number of unbranched alkanes of at least 4 members (excludes halogenated alkanes) is 26. The Kier molecular flexibility index (Phi) is 58.2. The van der Waals surface area contributed by atoms with E-state index in [0.717, 1.165) is 96.3 Å². The highest BCUT2D eigenvalue weighted by Crippen LogP contribution is 2.43. The molecule has 2 atom stereocenters. The molecule has 76 heavy (non-hydrogen) atoms. The van der Waals surface area contributed by atoms with Crippen molar-refractivity contribution in [2.24, 2.45) is 5.73 Å². The summed E-state index contributed by atoms with van der Waals surface area (Å²) in [7, 11) is -4.41. The van der Waals surface area contributed by atoms with E-state index in [2.05, 4.69) is 123 Å². The predicted octanol–water partition coefficient (Wildman–Crippen LogP) is 19.8. The summed E-state index contributed by atoms with van der Waals surface area (Å²) in [6, 6.07) is 0. The lowest BCUT2D eigenvalue weighted by Gasteiger charge is -2.19. The highest BCUT2D eigenvalue weighted by Gasteiger charge is 2.26. The summed E-state index contributed by atoms with van der Waals surface area (Å²) in [4.78, 5) is 35.2. The quantitative estimate of drug-likeness (QED) is 0.0264. The molecule has 0 amide bonds. The molecule has 0 saturated heterocycles. The number of esters is 2. The van der Waals surface area contributed by atoms with Gasteiger partial charge in [-0.25, -0.2) is 4.57 Å². The molecule has 0 aromatic carbocycles. The molecular weight excluding hydrogens is 966 g/mol. The van der Waals surface area contributed by atoms with E-state index in [0.29, 0.717) is 6.42 Å². The van der Waals surface area contributed by atoms with Gasteiger partial charge in [-0.2, -0.15) is 0 Å². The zero-order valence-corrected chi connectivity index (χ0v) is 49.6. The first kappa shape index (κ1) is 72.7. The van der Waals surface area contributed by atoms with Crippen LogP contribution in [0.25, 0.3) is 0 Å². The lowest BCUT2D eigenvalue weighted by Crippen LogP contribution is -2.29. The maximum absolute atomic E-state index is 12.7. The van der Waals surface area contributed by atoms with Crippen LogP contribution in [-0.2, 0) is 32.7 Å². The van der Waals surface area contributed by atoms with E-state index in [-0.39, 0.29) is 38.6 Å². The average Bonchev–Trinajstić information content (AvgIpc) is 3.41. The molecule has 0 aliphatic rings. The second-order valence-corrected chi connectivity index (χ2v) is 21.7. The number of hydrogen-bond acceptors (Lipinski definition) is 8. The van der Waals surface area contributed by atoms with Crippen LogP contribution in [0.15, 0.2) is 109 Å². The molecule has 3 N–H and O–H groups in total. The highest BCUT2D eigenvalue weighted by atomic mass is 31.2. The van der Waals surface area contributed by atoms with Crippen LogP contribution in [0.3, 0.4) is 0 Å². The fourth-order valence-corrected chi connectivity index (χ4v) is 9.16. The Morgan fingerprint density at radius 1 is 0.408 bits per heavy atom. The van der Waals surface area contributed by atoms with Gasteiger partial charge in [0.2, 0.25) is 0 Å². The summed E-state index contributed by atoms with van der Waals surface area (Å²) in [6.45, 7) is 3.61. The van der Waals surface area contributed by atoms with Crippen molar-refractivity contribution < 1.29 is 37.6 Å². The normalized spacial score (nSPS) is 13.8. The van der Waals surface area contributed by atoms with Crippen LogP contribution in [0.4, 0.5) is 0 Å². The second-order valence-electron chi connectivity index (χ2n) is 20.2. The van der Waals surface area contributed by atoms with Crippen molar-refractivity contribution in [3.8, 4) is 0 Å². The minimum Gasteiger partial charge on any atom is -0.462 e. The Hall–Kier alpha value is -3.33. The molecular formula is C66H114NO8P. The molecule has 10 heteroatoms. The Bertz CT molecular complexity index is 1610. The van der Waals surface area contributed by atoms with Gasteiger partial charge in [-0.3, -0.25) is 18.6 Å². The molecule has 0 aliphatic heterocycles. The number of phosphoric ester groups is 1. The number of hydrogen-bond donors (Lipinski definition) is 2. The van der Waals surface area contributed by atoms with Gasteiger partial charge in [0.1, 0.15) is 6.61 Å². The summed E-state index contributed by atoms with van der Waals surface area (Å²) < 4.78 is 33.0. The topological polar surface area (TPSA) is 134 Å². The zero-order chi connectivity index (χ0) is 55.2. The van der Waals surface area contributed by atoms with Crippen molar-refractivity contribution >= 4 is 19.8 Å². The van der Waals surface area contributed by atoms with Crippen molar-refractivity contribution in [2.75, 3.05) is 26.4 Å². The van der Waals surface area contributed by atoms with Gasteiger partial charge in [0.05, 0.1) is 13.2 Å². The predicted molar refractivity (Wildman–Crippen MR) is 325 cm³/mol. The molecule has 9 nitrogen and oxygen atoms in total. The van der Waals surface area contributed by atoms with Gasteiger partial charge in [-0.15, -0.1) is 0 Å². The van der Waals surface area contributed by atoms with Crippen LogP contribution < -0.4 is 5.73 Å². The largest absolute Gasteiger partial charge is 0.472 e. The van der Waals surface area contributed by atoms with Crippen LogP contribution in [-0.4, -0.2) is 49.3 Å². The van der Waals surface area contributed by atoms with Gasteiger partial charge < -0.3 is 20.1 Å². The molecule has 0 fully saturated rings. The van der Waals surface area contributed by atoms with Gasteiger partial charge in [-0.1, -0.05) is 277 Å². The van der Waals surface area contributed by atoms with Crippen molar-refractivity contribution in [3.63, 3.8) is 0 Å². The fraction of sp³-hybridized carbons (Fsp3) is 0.697. The fourth-order valence-electron chi connectivity index (χ4n) is 8.39. The number of carbonyl (C=O) groups is 2. The molecule has 0 rings (SSSR count). The first-order valence-electron chi connectivity index (χ1n) is 30.9. The molecule has 0 heterocycles. The summed E-state index contributed by atoms with van der Waals surface area (Å²) in [5, 5.41) is 0. The van der Waals surface area contributed by atoms with E-state index in [1.807, 2.05) is 0 Å². The second kappa shape index (κ2) is 60.9. The summed E-state index contributed by atoms with van der Waals surface area (Å²) >= 11 is 0. The van der Waals surface area contributed by atoms with Gasteiger partial charge in [0.25, 0.3) is 0 Å². The van der Waals surface area contributed by atoms with Gasteiger partial charge in [0, 0.05) is 19.4 Å². The average molecular weight is 1080 g/mol. The third kappa shape index (κ3) is 59.9. The van der Waals surface area contributed by atoms with Crippen molar-refractivity contribution in [2.45, 2.75) is 270 Å². The zero-order valence-electron chi connectivity index (χ0n) is 48.7. The number of allylic oxidation sites excluding steroid dienone is 18. The van der Waals surface area contributed by atoms with Crippen molar-refractivity contribution in [1.82, 2.24) is 0 Å². The minimum absolute atomic E-state index is 0.0432. The molecule has 0 aromatic rings. The van der Waals surface area contributed by atoms with E-state index >= 15 is 0 Å². The number of phosphoric acid groups is 1. The Labute approximate surface area is 467 Å². The minimum atomic E-state index is -4.41. The lowest BCUT2D eigenvalue weighted by molar-refractivity contribution is -0.161. The number of rotatable bonds is 57. The van der Waals surface area contributed by atoms with Crippen LogP contribution >= 0.6 is 7.82 Å². The molecule has 0 aromatic heterocycles. The monoisotopic (exact) mass is 1080 g/mol. The summed E-state index contributed by atoms with van der Waals surface area (Å²) in [5.74, 6) is -0.864. The molecule has 0 spiro atoms.